The molecule has 0 aromatic heterocycles. The van der Waals surface area contributed by atoms with E-state index in [9.17, 15) is 8.42 Å². The molecule has 20 heavy (non-hydrogen) atoms. The third kappa shape index (κ3) is 3.25. The van der Waals surface area contributed by atoms with Crippen LogP contribution in [0.3, 0.4) is 0 Å². The van der Waals surface area contributed by atoms with Gasteiger partial charge >= 0.3 is 0 Å². The van der Waals surface area contributed by atoms with Gasteiger partial charge in [0.25, 0.3) is 0 Å². The lowest BCUT2D eigenvalue weighted by atomic mass is 9.94. The third-order valence-corrected chi connectivity index (χ3v) is 5.67. The molecule has 1 aliphatic heterocycles. The van der Waals surface area contributed by atoms with Gasteiger partial charge < -0.3 is 10.5 Å². The summed E-state index contributed by atoms with van der Waals surface area (Å²) < 4.78 is 33.1. The van der Waals surface area contributed by atoms with Gasteiger partial charge in [0.05, 0.1) is 15.6 Å². The van der Waals surface area contributed by atoms with E-state index in [2.05, 4.69) is 4.72 Å². The van der Waals surface area contributed by atoms with Crippen LogP contribution in [-0.2, 0) is 14.8 Å². The van der Waals surface area contributed by atoms with Crippen molar-refractivity contribution in [3.63, 3.8) is 0 Å². The normalized spacial score (nSPS) is 18.9. The minimum atomic E-state index is -3.63. The van der Waals surface area contributed by atoms with Crippen molar-refractivity contribution >= 4 is 27.3 Å². The second kappa shape index (κ2) is 5.52. The fraction of sp³-hybridized carbons (Fsp3) is 0.538. The largest absolute Gasteiger partial charge is 0.397 e. The lowest BCUT2D eigenvalue weighted by Gasteiger charge is -2.34. The predicted molar refractivity (Wildman–Crippen MR) is 79.4 cm³/mol. The summed E-state index contributed by atoms with van der Waals surface area (Å²) in [6, 6.07) is 2.97. The van der Waals surface area contributed by atoms with Crippen molar-refractivity contribution in [2.24, 2.45) is 0 Å². The van der Waals surface area contributed by atoms with Crippen LogP contribution in [0.1, 0.15) is 25.3 Å². The van der Waals surface area contributed by atoms with Crippen molar-refractivity contribution < 1.29 is 13.2 Å². The summed E-state index contributed by atoms with van der Waals surface area (Å²) in [5, 5.41) is 0.360. The Bertz CT molecular complexity index is 610. The van der Waals surface area contributed by atoms with Crippen molar-refractivity contribution in [3.05, 3.63) is 22.7 Å². The Hall–Kier alpha value is -0.820. The molecule has 0 atom stereocenters. The first-order chi connectivity index (χ1) is 9.23. The highest BCUT2D eigenvalue weighted by Gasteiger charge is 2.33. The molecule has 0 amide bonds. The number of benzene rings is 1. The first-order valence-electron chi connectivity index (χ1n) is 6.41. The number of ether oxygens (including phenoxy) is 1. The van der Waals surface area contributed by atoms with Crippen LogP contribution in [0.25, 0.3) is 0 Å². The highest BCUT2D eigenvalue weighted by Crippen LogP contribution is 2.28. The molecule has 3 N–H and O–H groups in total. The van der Waals surface area contributed by atoms with E-state index in [1.165, 1.54) is 6.07 Å². The van der Waals surface area contributed by atoms with Crippen LogP contribution in [0, 0.1) is 6.92 Å². The molecule has 112 valence electrons. The minimum Gasteiger partial charge on any atom is -0.397 e. The maximum atomic E-state index is 12.5. The molecule has 0 bridgehead atoms. The van der Waals surface area contributed by atoms with Gasteiger partial charge in [-0.1, -0.05) is 11.6 Å². The number of rotatable bonds is 3. The molecule has 7 heteroatoms. The van der Waals surface area contributed by atoms with E-state index in [1.807, 2.05) is 6.92 Å². The molecule has 0 spiro atoms. The summed E-state index contributed by atoms with van der Waals surface area (Å²) in [6.45, 7) is 4.70. The van der Waals surface area contributed by atoms with E-state index in [4.69, 9.17) is 22.1 Å². The second-order valence-electron chi connectivity index (χ2n) is 5.42. The van der Waals surface area contributed by atoms with Crippen molar-refractivity contribution in [2.45, 2.75) is 37.1 Å². The van der Waals surface area contributed by atoms with Crippen molar-refractivity contribution in [1.29, 1.82) is 0 Å². The molecule has 1 heterocycles. The summed E-state index contributed by atoms with van der Waals surface area (Å²) in [5.41, 5.74) is 6.06. The molecule has 0 saturated carbocycles. The quantitative estimate of drug-likeness (QED) is 0.836. The number of nitrogens with one attached hydrogen (secondary N) is 1. The highest BCUT2D eigenvalue weighted by molar-refractivity contribution is 7.89. The van der Waals surface area contributed by atoms with E-state index in [1.54, 1.807) is 13.0 Å². The summed E-state index contributed by atoms with van der Waals surface area (Å²) >= 11 is 5.90. The van der Waals surface area contributed by atoms with Crippen molar-refractivity contribution in [2.75, 3.05) is 18.9 Å². The van der Waals surface area contributed by atoms with Gasteiger partial charge in [0, 0.05) is 18.8 Å². The van der Waals surface area contributed by atoms with Gasteiger partial charge in [-0.3, -0.25) is 0 Å². The number of hydrogen-bond acceptors (Lipinski definition) is 4. The number of anilines is 1. The standard InChI is InChI=1S/C13H19ClN2O3S/c1-9-7-10(14)11(15)8-12(9)20(17,18)16-13(2)3-5-19-6-4-13/h7-8,16H,3-6,15H2,1-2H3. The van der Waals surface area contributed by atoms with E-state index in [0.29, 0.717) is 36.6 Å². The van der Waals surface area contributed by atoms with E-state index >= 15 is 0 Å². The molecule has 5 nitrogen and oxygen atoms in total. The molecule has 0 aliphatic carbocycles. The highest BCUT2D eigenvalue weighted by atomic mass is 35.5. The molecule has 1 aromatic carbocycles. The van der Waals surface area contributed by atoms with Gasteiger partial charge in [-0.2, -0.15) is 0 Å². The Morgan fingerprint density at radius 1 is 1.35 bits per heavy atom. The van der Waals surface area contributed by atoms with E-state index in [0.717, 1.165) is 0 Å². The van der Waals surface area contributed by atoms with Gasteiger partial charge in [-0.25, -0.2) is 13.1 Å². The predicted octanol–water partition coefficient (Wildman–Crippen LogP) is 2.08. The Kier molecular flexibility index (Phi) is 4.30. The maximum Gasteiger partial charge on any atom is 0.241 e. The Balaban J connectivity index is 2.33. The first kappa shape index (κ1) is 15.6. The number of nitrogens with two attached hydrogens (primary N) is 1. The van der Waals surface area contributed by atoms with Crippen LogP contribution >= 0.6 is 11.6 Å². The van der Waals surface area contributed by atoms with Crippen molar-refractivity contribution in [1.82, 2.24) is 4.72 Å². The maximum absolute atomic E-state index is 12.5. The fourth-order valence-electron chi connectivity index (χ4n) is 2.26. The van der Waals surface area contributed by atoms with Gasteiger partial charge in [0.1, 0.15) is 0 Å². The smallest absolute Gasteiger partial charge is 0.241 e. The van der Waals surface area contributed by atoms with Crippen LogP contribution in [0.2, 0.25) is 5.02 Å². The zero-order chi connectivity index (χ0) is 15.0. The summed E-state index contributed by atoms with van der Waals surface area (Å²) in [4.78, 5) is 0.173. The van der Waals surface area contributed by atoms with Gasteiger partial charge in [0.15, 0.2) is 0 Å². The van der Waals surface area contributed by atoms with Gasteiger partial charge in [-0.15, -0.1) is 0 Å². The minimum absolute atomic E-state index is 0.173. The molecule has 1 aromatic rings. The van der Waals surface area contributed by atoms with Crippen molar-refractivity contribution in [3.8, 4) is 0 Å². The van der Waals surface area contributed by atoms with E-state index < -0.39 is 15.6 Å². The van der Waals surface area contributed by atoms with Crippen LogP contribution < -0.4 is 10.5 Å². The number of halogens is 1. The lowest BCUT2D eigenvalue weighted by Crippen LogP contribution is -2.49. The Morgan fingerprint density at radius 3 is 2.55 bits per heavy atom. The first-order valence-corrected chi connectivity index (χ1v) is 8.27. The molecule has 0 radical (unpaired) electrons. The summed E-state index contributed by atoms with van der Waals surface area (Å²) in [5.74, 6) is 0. The fourth-order valence-corrected chi connectivity index (χ4v) is 4.21. The van der Waals surface area contributed by atoms with Gasteiger partial charge in [0.2, 0.25) is 10.0 Å². The SMILES string of the molecule is Cc1cc(Cl)c(N)cc1S(=O)(=O)NC1(C)CCOCC1. The average Bonchev–Trinajstić information content (AvgIpc) is 2.33. The summed E-state index contributed by atoms with van der Waals surface area (Å²) in [6.07, 6.45) is 1.29. The Labute approximate surface area is 124 Å². The molecule has 1 aliphatic rings. The number of aryl methyl sites for hydroxylation is 1. The average molecular weight is 319 g/mol. The van der Waals surface area contributed by atoms with Gasteiger partial charge in [-0.05, 0) is 44.4 Å². The number of hydrogen-bond donors (Lipinski definition) is 2. The molecular weight excluding hydrogens is 300 g/mol. The molecule has 1 fully saturated rings. The van der Waals surface area contributed by atoms with Crippen LogP contribution in [-0.4, -0.2) is 27.2 Å². The van der Waals surface area contributed by atoms with E-state index in [-0.39, 0.29) is 10.6 Å². The third-order valence-electron chi connectivity index (χ3n) is 3.56. The van der Waals surface area contributed by atoms with Crippen LogP contribution in [0.5, 0.6) is 0 Å². The zero-order valence-electron chi connectivity index (χ0n) is 11.6. The topological polar surface area (TPSA) is 81.4 Å². The Morgan fingerprint density at radius 2 is 1.95 bits per heavy atom. The molecule has 0 unspecified atom stereocenters. The monoisotopic (exact) mass is 318 g/mol. The molecule has 1 saturated heterocycles. The lowest BCUT2D eigenvalue weighted by molar-refractivity contribution is 0.0537. The number of nitrogen functional groups attached to an aromatic ring is 1. The van der Waals surface area contributed by atoms with Crippen LogP contribution in [0.4, 0.5) is 5.69 Å². The molecule has 2 rings (SSSR count). The zero-order valence-corrected chi connectivity index (χ0v) is 13.1. The molecular formula is C13H19ClN2O3S. The number of sulfonamides is 1. The van der Waals surface area contributed by atoms with Crippen LogP contribution in [0.15, 0.2) is 17.0 Å². The summed E-state index contributed by atoms with van der Waals surface area (Å²) in [7, 11) is -3.63. The second-order valence-corrected chi connectivity index (χ2v) is 7.48.